The van der Waals surface area contributed by atoms with Crippen molar-refractivity contribution in [1.29, 1.82) is 0 Å². The summed E-state index contributed by atoms with van der Waals surface area (Å²) in [4.78, 5) is 9.98. The first kappa shape index (κ1) is 10.2. The van der Waals surface area contributed by atoms with Gasteiger partial charge in [0.25, 0.3) is 0 Å². The molecule has 0 unspecified atom stereocenters. The van der Waals surface area contributed by atoms with E-state index >= 15 is 0 Å². The highest BCUT2D eigenvalue weighted by Gasteiger charge is 2.12. The minimum atomic E-state index is 0. The molecule has 0 saturated carbocycles. The molecule has 2 rings (SSSR count). The van der Waals surface area contributed by atoms with E-state index in [1.165, 1.54) is 0 Å². The largest absolute Gasteiger partial charge is 0.369 e. The third-order valence-corrected chi connectivity index (χ3v) is 2.32. The summed E-state index contributed by atoms with van der Waals surface area (Å²) in [5.41, 5.74) is 5.66. The number of halogens is 1. The highest BCUT2D eigenvalue weighted by molar-refractivity contribution is 8.93. The number of guanidine groups is 1. The van der Waals surface area contributed by atoms with E-state index in [1.807, 2.05) is 16.4 Å². The molecule has 0 aliphatic carbocycles. The molecule has 0 radical (unpaired) electrons. The molecule has 6 heteroatoms. The van der Waals surface area contributed by atoms with Crippen molar-refractivity contribution in [2.45, 2.75) is 0 Å². The summed E-state index contributed by atoms with van der Waals surface area (Å²) in [6, 6.07) is 0. The summed E-state index contributed by atoms with van der Waals surface area (Å²) in [5, 5.41) is 2.81. The maximum absolute atomic E-state index is 5.66. The average molecular weight is 261 g/mol. The first-order valence-electron chi connectivity index (χ1n) is 3.53. The van der Waals surface area contributed by atoms with Gasteiger partial charge in [-0.1, -0.05) is 0 Å². The number of hydrogen-bond acceptors (Lipinski definition) is 5. The van der Waals surface area contributed by atoms with Crippen molar-refractivity contribution in [2.24, 2.45) is 10.7 Å². The van der Waals surface area contributed by atoms with Gasteiger partial charge in [-0.2, -0.15) is 0 Å². The Morgan fingerprint density at radius 2 is 2.38 bits per heavy atom. The van der Waals surface area contributed by atoms with Gasteiger partial charge >= 0.3 is 0 Å². The molecule has 0 atom stereocenters. The van der Waals surface area contributed by atoms with E-state index in [4.69, 9.17) is 5.73 Å². The molecule has 4 nitrogen and oxygen atoms in total. The van der Waals surface area contributed by atoms with Crippen molar-refractivity contribution in [3.63, 3.8) is 0 Å². The van der Waals surface area contributed by atoms with Crippen LogP contribution >= 0.6 is 28.3 Å². The van der Waals surface area contributed by atoms with Crippen LogP contribution < -0.4 is 10.6 Å². The number of nitrogens with zero attached hydrogens (tertiary/aromatic N) is 3. The monoisotopic (exact) mass is 260 g/mol. The van der Waals surface area contributed by atoms with Crippen LogP contribution in [0.5, 0.6) is 0 Å². The van der Waals surface area contributed by atoms with E-state index in [0.29, 0.717) is 5.96 Å². The Balaban J connectivity index is 0.000000845. The van der Waals surface area contributed by atoms with Gasteiger partial charge in [0, 0.05) is 24.3 Å². The van der Waals surface area contributed by atoms with Crippen LogP contribution in [-0.4, -0.2) is 17.5 Å². The molecule has 1 aliphatic rings. The van der Waals surface area contributed by atoms with Gasteiger partial charge in [-0.15, -0.1) is 28.3 Å². The fourth-order valence-corrected chi connectivity index (χ4v) is 1.63. The molecule has 0 fully saturated rings. The van der Waals surface area contributed by atoms with Crippen LogP contribution in [0.3, 0.4) is 0 Å². The molecular weight excluding hydrogens is 252 g/mol. The fourth-order valence-electron chi connectivity index (χ4n) is 0.970. The molecule has 1 aliphatic heterocycles. The first-order chi connectivity index (χ1) is 5.88. The van der Waals surface area contributed by atoms with E-state index in [2.05, 4.69) is 9.98 Å². The summed E-state index contributed by atoms with van der Waals surface area (Å²) in [6.45, 7) is 0.753. The van der Waals surface area contributed by atoms with Crippen LogP contribution in [0.1, 0.15) is 0 Å². The second-order valence-electron chi connectivity index (χ2n) is 2.30. The van der Waals surface area contributed by atoms with Gasteiger partial charge in [0.1, 0.15) is 0 Å². The van der Waals surface area contributed by atoms with E-state index in [0.717, 1.165) is 11.7 Å². The lowest BCUT2D eigenvalue weighted by Gasteiger charge is -2.20. The van der Waals surface area contributed by atoms with Gasteiger partial charge in [-0.25, -0.2) is 9.98 Å². The molecule has 1 aromatic heterocycles. The molecule has 2 N–H and O–H groups in total. The first-order valence-corrected chi connectivity index (χ1v) is 4.41. The van der Waals surface area contributed by atoms with Crippen molar-refractivity contribution >= 4 is 39.4 Å². The Morgan fingerprint density at radius 1 is 1.54 bits per heavy atom. The van der Waals surface area contributed by atoms with Gasteiger partial charge in [-0.05, 0) is 6.08 Å². The highest BCUT2D eigenvalue weighted by atomic mass is 79.9. The van der Waals surface area contributed by atoms with Crippen molar-refractivity contribution in [1.82, 2.24) is 4.98 Å². The molecule has 0 spiro atoms. The molecule has 2 heterocycles. The fraction of sp³-hybridized carbons (Fsp3) is 0.143. The Hall–Kier alpha value is -0.880. The minimum Gasteiger partial charge on any atom is -0.369 e. The molecule has 0 saturated heterocycles. The van der Waals surface area contributed by atoms with Gasteiger partial charge in [0.2, 0.25) is 5.96 Å². The lowest BCUT2D eigenvalue weighted by molar-refractivity contribution is 1.07. The van der Waals surface area contributed by atoms with Crippen LogP contribution in [0.4, 0.5) is 5.13 Å². The van der Waals surface area contributed by atoms with E-state index in [-0.39, 0.29) is 17.0 Å². The predicted molar refractivity (Wildman–Crippen MR) is 60.5 cm³/mol. The van der Waals surface area contributed by atoms with Gasteiger partial charge in [0.05, 0.1) is 0 Å². The lowest BCUT2D eigenvalue weighted by atomic mass is 10.5. The van der Waals surface area contributed by atoms with Gasteiger partial charge in [0.15, 0.2) is 5.13 Å². The second kappa shape index (κ2) is 4.38. The Morgan fingerprint density at radius 3 is 3.00 bits per heavy atom. The van der Waals surface area contributed by atoms with Crippen LogP contribution in [0, 0.1) is 0 Å². The number of aliphatic imine (C=N–C) groups is 1. The average Bonchev–Trinajstić information content (AvgIpc) is 2.57. The van der Waals surface area contributed by atoms with Gasteiger partial charge in [-0.3, -0.25) is 4.90 Å². The van der Waals surface area contributed by atoms with Crippen molar-refractivity contribution in [2.75, 3.05) is 11.4 Å². The number of anilines is 1. The van der Waals surface area contributed by atoms with Crippen LogP contribution in [-0.2, 0) is 0 Å². The summed E-state index contributed by atoms with van der Waals surface area (Å²) >= 11 is 1.55. The zero-order chi connectivity index (χ0) is 8.39. The van der Waals surface area contributed by atoms with Crippen LogP contribution in [0.15, 0.2) is 28.8 Å². The minimum absolute atomic E-state index is 0. The highest BCUT2D eigenvalue weighted by Crippen LogP contribution is 2.17. The number of nitrogens with two attached hydrogens (primary N) is 1. The van der Waals surface area contributed by atoms with Crippen molar-refractivity contribution in [3.05, 3.63) is 23.9 Å². The van der Waals surface area contributed by atoms with E-state index in [9.17, 15) is 0 Å². The zero-order valence-electron chi connectivity index (χ0n) is 6.75. The standard InChI is InChI=1S/C7H8N4S.BrH/c8-6-9-2-1-4-11(6)7-10-3-5-12-7;/h1-3,5H,4H2,(H2,8,9);1H. The van der Waals surface area contributed by atoms with Gasteiger partial charge < -0.3 is 5.73 Å². The van der Waals surface area contributed by atoms with E-state index in [1.54, 1.807) is 23.7 Å². The summed E-state index contributed by atoms with van der Waals surface area (Å²) in [7, 11) is 0. The maximum Gasteiger partial charge on any atom is 0.202 e. The molecule has 13 heavy (non-hydrogen) atoms. The lowest BCUT2D eigenvalue weighted by Crippen LogP contribution is -2.38. The predicted octanol–water partition coefficient (Wildman–Crippen LogP) is 1.37. The quantitative estimate of drug-likeness (QED) is 0.830. The molecule has 0 bridgehead atoms. The smallest absolute Gasteiger partial charge is 0.202 e. The molecule has 1 aromatic rings. The number of thiazole rings is 1. The third kappa shape index (κ3) is 2.07. The van der Waals surface area contributed by atoms with Crippen molar-refractivity contribution < 1.29 is 0 Å². The van der Waals surface area contributed by atoms with Crippen molar-refractivity contribution in [3.8, 4) is 0 Å². The molecule has 0 amide bonds. The van der Waals surface area contributed by atoms with Crippen LogP contribution in [0.2, 0.25) is 0 Å². The molecule has 0 aromatic carbocycles. The Bertz CT molecular complexity index is 319. The zero-order valence-corrected chi connectivity index (χ0v) is 9.28. The molecule has 70 valence electrons. The topological polar surface area (TPSA) is 54.5 Å². The number of hydrogen-bond donors (Lipinski definition) is 1. The SMILES string of the molecule is Br.NC1=NC=CCN1c1nccs1. The summed E-state index contributed by atoms with van der Waals surface area (Å²) < 4.78 is 0. The Kier molecular flexibility index (Phi) is 3.44. The summed E-state index contributed by atoms with van der Waals surface area (Å²) in [6.07, 6.45) is 5.41. The number of aromatic nitrogens is 1. The van der Waals surface area contributed by atoms with Crippen LogP contribution in [0.25, 0.3) is 0 Å². The summed E-state index contributed by atoms with van der Waals surface area (Å²) in [5.74, 6) is 0.507. The maximum atomic E-state index is 5.66. The molecular formula is C7H9BrN4S. The van der Waals surface area contributed by atoms with E-state index < -0.39 is 0 Å². The second-order valence-corrected chi connectivity index (χ2v) is 3.17. The Labute approximate surface area is 90.6 Å². The number of rotatable bonds is 1. The normalized spacial score (nSPS) is 15.1. The third-order valence-electron chi connectivity index (χ3n) is 1.53.